The molecule has 1 N–H and O–H groups in total. The number of carbonyl (C=O) groups is 1. The van der Waals surface area contributed by atoms with Gasteiger partial charge in [0.05, 0.1) is 16.5 Å². The van der Waals surface area contributed by atoms with Crippen LogP contribution in [0.3, 0.4) is 0 Å². The largest absolute Gasteiger partial charge is 0.338 e. The topological polar surface area (TPSA) is 85.8 Å². The fourth-order valence-electron chi connectivity index (χ4n) is 2.70. The lowest BCUT2D eigenvalue weighted by atomic mass is 10.2. The molecule has 4 rings (SSSR count). The minimum absolute atomic E-state index is 0.228. The Labute approximate surface area is 159 Å². The van der Waals surface area contributed by atoms with Gasteiger partial charge in [-0.1, -0.05) is 29.1 Å². The summed E-state index contributed by atoms with van der Waals surface area (Å²) in [7, 11) is 0. The minimum Gasteiger partial charge on any atom is -0.338 e. The van der Waals surface area contributed by atoms with Crippen molar-refractivity contribution >= 4 is 23.6 Å². The van der Waals surface area contributed by atoms with E-state index in [9.17, 15) is 9.18 Å². The van der Waals surface area contributed by atoms with Crippen molar-refractivity contribution in [3.63, 3.8) is 0 Å². The van der Waals surface area contributed by atoms with Gasteiger partial charge in [-0.3, -0.25) is 14.7 Å². The van der Waals surface area contributed by atoms with E-state index >= 15 is 0 Å². The van der Waals surface area contributed by atoms with Crippen molar-refractivity contribution in [2.24, 2.45) is 0 Å². The van der Waals surface area contributed by atoms with Crippen LogP contribution in [0, 0.1) is 12.7 Å². The van der Waals surface area contributed by atoms with E-state index in [1.54, 1.807) is 38.1 Å². The van der Waals surface area contributed by atoms with E-state index in [0.29, 0.717) is 28.1 Å². The van der Waals surface area contributed by atoms with E-state index in [1.165, 1.54) is 17.8 Å². The van der Waals surface area contributed by atoms with Crippen molar-refractivity contribution in [2.45, 2.75) is 43.1 Å². The van der Waals surface area contributed by atoms with E-state index in [0.717, 1.165) is 12.8 Å². The maximum atomic E-state index is 14.2. The van der Waals surface area contributed by atoms with Gasteiger partial charge in [0.25, 0.3) is 0 Å². The molecular weight excluding hydrogens is 369 g/mol. The Hall–Kier alpha value is -2.68. The molecule has 1 unspecified atom stereocenters. The highest BCUT2D eigenvalue weighted by Crippen LogP contribution is 2.42. The van der Waals surface area contributed by atoms with Crippen molar-refractivity contribution in [1.29, 1.82) is 0 Å². The molecule has 0 aliphatic heterocycles. The van der Waals surface area contributed by atoms with Gasteiger partial charge in [0, 0.05) is 12.1 Å². The van der Waals surface area contributed by atoms with Gasteiger partial charge in [0.1, 0.15) is 5.82 Å². The van der Waals surface area contributed by atoms with Crippen LogP contribution in [0.25, 0.3) is 11.4 Å². The Balaban J connectivity index is 1.55. The van der Waals surface area contributed by atoms with Gasteiger partial charge >= 0.3 is 0 Å². The Bertz CT molecular complexity index is 982. The second kappa shape index (κ2) is 7.15. The monoisotopic (exact) mass is 387 g/mol. The van der Waals surface area contributed by atoms with Crippen LogP contribution in [-0.4, -0.2) is 31.1 Å². The molecular formula is C18H18FN5O2S. The third-order valence-corrected chi connectivity index (χ3v) is 5.27. The van der Waals surface area contributed by atoms with E-state index in [-0.39, 0.29) is 17.8 Å². The fourth-order valence-corrected chi connectivity index (χ4v) is 3.62. The molecule has 1 aliphatic carbocycles. The second-order valence-electron chi connectivity index (χ2n) is 6.47. The molecule has 7 nitrogen and oxygen atoms in total. The summed E-state index contributed by atoms with van der Waals surface area (Å²) in [6.07, 6.45) is 1.98. The van der Waals surface area contributed by atoms with E-state index in [2.05, 4.69) is 20.7 Å². The molecule has 2 aromatic heterocycles. The van der Waals surface area contributed by atoms with Crippen molar-refractivity contribution < 1.29 is 13.7 Å². The highest BCUT2D eigenvalue weighted by Gasteiger charge is 2.32. The van der Waals surface area contributed by atoms with Gasteiger partial charge in [0.2, 0.25) is 11.8 Å². The number of benzene rings is 1. The lowest BCUT2D eigenvalue weighted by Gasteiger charge is -2.12. The SMILES string of the molecule is Cc1cc(NC(=O)C(C)Sc2nnc(-c3ccccc3F)n2C2CC2)on1. The molecule has 1 amide bonds. The summed E-state index contributed by atoms with van der Waals surface area (Å²) in [6.45, 7) is 3.55. The van der Waals surface area contributed by atoms with Crippen LogP contribution in [0.15, 0.2) is 40.0 Å². The van der Waals surface area contributed by atoms with E-state index in [4.69, 9.17) is 4.52 Å². The molecule has 0 radical (unpaired) electrons. The Morgan fingerprint density at radius 3 is 2.81 bits per heavy atom. The predicted octanol–water partition coefficient (Wildman–Crippen LogP) is 3.83. The zero-order chi connectivity index (χ0) is 19.0. The second-order valence-corrected chi connectivity index (χ2v) is 7.78. The molecule has 1 aliphatic rings. The van der Waals surface area contributed by atoms with Crippen LogP contribution in [0.1, 0.15) is 31.5 Å². The summed E-state index contributed by atoms with van der Waals surface area (Å²) < 4.78 is 21.2. The summed E-state index contributed by atoms with van der Waals surface area (Å²) in [5.41, 5.74) is 1.10. The number of amides is 1. The van der Waals surface area contributed by atoms with Crippen LogP contribution < -0.4 is 5.32 Å². The van der Waals surface area contributed by atoms with Crippen LogP contribution in [0.4, 0.5) is 10.3 Å². The number of halogens is 1. The van der Waals surface area contributed by atoms with E-state index < -0.39 is 5.25 Å². The number of aromatic nitrogens is 4. The Morgan fingerprint density at radius 1 is 1.37 bits per heavy atom. The molecule has 1 atom stereocenters. The molecule has 9 heteroatoms. The highest BCUT2D eigenvalue weighted by atomic mass is 32.2. The van der Waals surface area contributed by atoms with Crippen molar-refractivity contribution in [3.05, 3.63) is 41.8 Å². The fraction of sp³-hybridized carbons (Fsp3) is 0.333. The smallest absolute Gasteiger partial charge is 0.240 e. The summed E-state index contributed by atoms with van der Waals surface area (Å²) >= 11 is 1.29. The molecule has 0 bridgehead atoms. The first-order valence-electron chi connectivity index (χ1n) is 8.63. The van der Waals surface area contributed by atoms with Gasteiger partial charge in [-0.25, -0.2) is 4.39 Å². The zero-order valence-electron chi connectivity index (χ0n) is 14.8. The number of hydrogen-bond donors (Lipinski definition) is 1. The highest BCUT2D eigenvalue weighted by molar-refractivity contribution is 8.00. The number of thioether (sulfide) groups is 1. The van der Waals surface area contributed by atoms with Crippen LogP contribution in [0.5, 0.6) is 0 Å². The van der Waals surface area contributed by atoms with Gasteiger partial charge in [0.15, 0.2) is 11.0 Å². The van der Waals surface area contributed by atoms with Gasteiger partial charge in [-0.15, -0.1) is 10.2 Å². The van der Waals surface area contributed by atoms with Crippen LogP contribution in [-0.2, 0) is 4.79 Å². The first kappa shape index (κ1) is 17.7. The summed E-state index contributed by atoms with van der Waals surface area (Å²) in [6, 6.07) is 8.40. The first-order chi connectivity index (χ1) is 13.0. The van der Waals surface area contributed by atoms with Gasteiger partial charge < -0.3 is 4.52 Å². The molecule has 0 saturated heterocycles. The van der Waals surface area contributed by atoms with Crippen LogP contribution >= 0.6 is 11.8 Å². The van der Waals surface area contributed by atoms with E-state index in [1.807, 2.05) is 4.57 Å². The summed E-state index contributed by atoms with van der Waals surface area (Å²) in [4.78, 5) is 12.4. The third kappa shape index (κ3) is 3.73. The number of aryl methyl sites for hydroxylation is 1. The van der Waals surface area contributed by atoms with Gasteiger partial charge in [-0.2, -0.15) is 0 Å². The Kier molecular flexibility index (Phi) is 4.69. The zero-order valence-corrected chi connectivity index (χ0v) is 15.7. The number of anilines is 1. The molecule has 1 saturated carbocycles. The lowest BCUT2D eigenvalue weighted by molar-refractivity contribution is -0.115. The predicted molar refractivity (Wildman–Crippen MR) is 98.9 cm³/mol. The molecule has 1 aromatic carbocycles. The average molecular weight is 387 g/mol. The van der Waals surface area contributed by atoms with Crippen molar-refractivity contribution in [1.82, 2.24) is 19.9 Å². The quantitative estimate of drug-likeness (QED) is 0.647. The summed E-state index contributed by atoms with van der Waals surface area (Å²) in [5, 5.41) is 15.0. The molecule has 3 aromatic rings. The third-order valence-electron chi connectivity index (χ3n) is 4.22. The molecule has 1 fully saturated rings. The standard InChI is InChI=1S/C18H18FN5O2S/c1-10-9-15(26-23-10)20-17(25)11(2)27-18-22-21-16(24(18)12-7-8-12)13-5-3-4-6-14(13)19/h3-6,9,11-12H,7-8H2,1-2H3,(H,20,25). The number of nitrogens with zero attached hydrogens (tertiary/aromatic N) is 4. The molecule has 2 heterocycles. The first-order valence-corrected chi connectivity index (χ1v) is 9.51. The molecule has 0 spiro atoms. The summed E-state index contributed by atoms with van der Waals surface area (Å²) in [5.74, 6) is 0.237. The number of nitrogens with one attached hydrogen (secondary N) is 1. The minimum atomic E-state index is -0.439. The maximum absolute atomic E-state index is 14.2. The molecule has 140 valence electrons. The number of rotatable bonds is 6. The number of carbonyl (C=O) groups excluding carboxylic acids is 1. The molecule has 27 heavy (non-hydrogen) atoms. The van der Waals surface area contributed by atoms with Gasteiger partial charge in [-0.05, 0) is 38.8 Å². The average Bonchev–Trinajstić information content (AvgIpc) is 3.28. The van der Waals surface area contributed by atoms with Crippen molar-refractivity contribution in [3.8, 4) is 11.4 Å². The lowest BCUT2D eigenvalue weighted by Crippen LogP contribution is -2.22. The van der Waals surface area contributed by atoms with Crippen molar-refractivity contribution in [2.75, 3.05) is 5.32 Å². The normalized spacial score (nSPS) is 14.9. The number of hydrogen-bond acceptors (Lipinski definition) is 6. The Morgan fingerprint density at radius 2 is 2.15 bits per heavy atom. The van der Waals surface area contributed by atoms with Crippen LogP contribution in [0.2, 0.25) is 0 Å². The maximum Gasteiger partial charge on any atom is 0.240 e.